The maximum atomic E-state index is 4.01. The predicted molar refractivity (Wildman–Crippen MR) is 37.3 cm³/mol. The molecule has 1 atom stereocenters. The maximum absolute atomic E-state index is 4.01. The first-order chi connectivity index (χ1) is 2.27. The normalized spacial score (nSPS) is 15.0. The lowest BCUT2D eigenvalue weighted by molar-refractivity contribution is 1.19. The van der Waals surface area contributed by atoms with E-state index in [9.17, 15) is 0 Å². The molecule has 0 bridgehead atoms. The van der Waals surface area contributed by atoms with Crippen LogP contribution in [0.5, 0.6) is 0 Å². The van der Waals surface area contributed by atoms with Crippen LogP contribution in [0.25, 0.3) is 0 Å². The Labute approximate surface area is 51.9 Å². The summed E-state index contributed by atoms with van der Waals surface area (Å²) in [5.74, 6) is 0.987. The number of rotatable bonds is 1. The second kappa shape index (κ2) is 3.28. The van der Waals surface area contributed by atoms with E-state index in [1.807, 2.05) is 0 Å². The molecule has 0 saturated heterocycles. The summed E-state index contributed by atoms with van der Waals surface area (Å²) in [6, 6.07) is 0. The van der Waals surface area contributed by atoms with Crippen LogP contribution >= 0.6 is 35.2 Å². The molecular formula is C3H7IS. The molecule has 0 aromatic carbocycles. The van der Waals surface area contributed by atoms with Crippen LogP contribution in [0.4, 0.5) is 0 Å². The maximum Gasteiger partial charge on any atom is 0.0169 e. The fourth-order valence-electron chi connectivity index (χ4n) is 0. The zero-order valence-corrected chi connectivity index (χ0v) is 6.16. The van der Waals surface area contributed by atoms with Crippen molar-refractivity contribution in [2.75, 3.05) is 5.75 Å². The lowest BCUT2D eigenvalue weighted by Gasteiger charge is -1.87. The zero-order chi connectivity index (χ0) is 4.28. The Kier molecular flexibility index (Phi) is 3.98. The third-order valence-corrected chi connectivity index (χ3v) is 1.94. The van der Waals surface area contributed by atoms with Crippen molar-refractivity contribution in [2.45, 2.75) is 10.8 Å². The Morgan fingerprint density at radius 3 is 2.20 bits per heavy atom. The third-order valence-electron chi connectivity index (χ3n) is 0.252. The van der Waals surface area contributed by atoms with Gasteiger partial charge in [-0.05, 0) is 0 Å². The molecule has 0 aliphatic carbocycles. The summed E-state index contributed by atoms with van der Waals surface area (Å²) < 4.78 is 0.718. The summed E-state index contributed by atoms with van der Waals surface area (Å²) >= 11 is 6.34. The van der Waals surface area contributed by atoms with E-state index in [-0.39, 0.29) is 0 Å². The first-order valence-corrected chi connectivity index (χ1v) is 3.40. The van der Waals surface area contributed by atoms with Crippen molar-refractivity contribution in [1.82, 2.24) is 0 Å². The first-order valence-electron chi connectivity index (χ1n) is 1.52. The number of thiol groups is 1. The highest BCUT2D eigenvalue weighted by Crippen LogP contribution is 1.97. The van der Waals surface area contributed by atoms with Gasteiger partial charge in [-0.25, -0.2) is 0 Å². The third kappa shape index (κ3) is 5.08. The van der Waals surface area contributed by atoms with Crippen LogP contribution in [0.2, 0.25) is 0 Å². The van der Waals surface area contributed by atoms with Crippen LogP contribution in [0.1, 0.15) is 6.92 Å². The minimum atomic E-state index is 0.718. The van der Waals surface area contributed by atoms with Gasteiger partial charge in [-0.2, -0.15) is 12.6 Å². The van der Waals surface area contributed by atoms with Gasteiger partial charge >= 0.3 is 0 Å². The summed E-state index contributed by atoms with van der Waals surface area (Å²) in [6.45, 7) is 2.13. The van der Waals surface area contributed by atoms with Gasteiger partial charge in [-0.3, -0.25) is 0 Å². The Balaban J connectivity index is 2.54. The van der Waals surface area contributed by atoms with E-state index >= 15 is 0 Å². The highest BCUT2D eigenvalue weighted by molar-refractivity contribution is 14.1. The molecule has 0 unspecified atom stereocenters. The Morgan fingerprint density at radius 1 is 2.00 bits per heavy atom. The van der Waals surface area contributed by atoms with Crippen molar-refractivity contribution in [2.24, 2.45) is 0 Å². The van der Waals surface area contributed by atoms with Gasteiger partial charge in [0.05, 0.1) is 0 Å². The smallest absolute Gasteiger partial charge is 0.0169 e. The first kappa shape index (κ1) is 6.08. The Hall–Kier alpha value is 1.08. The van der Waals surface area contributed by atoms with Crippen LogP contribution in [0.3, 0.4) is 0 Å². The lowest BCUT2D eigenvalue weighted by Crippen LogP contribution is -1.86. The largest absolute Gasteiger partial charge is 0.178 e. The average Bonchev–Trinajstić information content (AvgIpc) is 1.38. The van der Waals surface area contributed by atoms with E-state index in [0.29, 0.717) is 0 Å². The van der Waals surface area contributed by atoms with E-state index in [1.165, 1.54) is 0 Å². The zero-order valence-electron chi connectivity index (χ0n) is 3.11. The Bertz CT molecular complexity index is 20.9. The molecule has 5 heavy (non-hydrogen) atoms. The van der Waals surface area contributed by atoms with Crippen LogP contribution in [0, 0.1) is 0 Å². The molecule has 2 heteroatoms. The highest BCUT2D eigenvalue weighted by Gasteiger charge is 1.83. The van der Waals surface area contributed by atoms with Gasteiger partial charge in [0.15, 0.2) is 0 Å². The van der Waals surface area contributed by atoms with E-state index in [1.54, 1.807) is 0 Å². The number of hydrogen-bond acceptors (Lipinski definition) is 1. The van der Waals surface area contributed by atoms with E-state index in [0.717, 1.165) is 9.68 Å². The molecule has 0 aromatic rings. The molecule has 0 radical (unpaired) electrons. The van der Waals surface area contributed by atoms with Gasteiger partial charge in [0.2, 0.25) is 0 Å². The van der Waals surface area contributed by atoms with Crippen molar-refractivity contribution >= 4 is 35.2 Å². The minimum absolute atomic E-state index is 0.718. The second-order valence-corrected chi connectivity index (χ2v) is 3.45. The van der Waals surface area contributed by atoms with Crippen molar-refractivity contribution in [3.8, 4) is 0 Å². The molecule has 32 valence electrons. The summed E-state index contributed by atoms with van der Waals surface area (Å²) in [5.41, 5.74) is 0. The fourth-order valence-corrected chi connectivity index (χ4v) is 0. The van der Waals surface area contributed by atoms with E-state index in [4.69, 9.17) is 0 Å². The van der Waals surface area contributed by atoms with Crippen LogP contribution < -0.4 is 0 Å². The monoisotopic (exact) mass is 202 g/mol. The molecule has 0 saturated carbocycles. The highest BCUT2D eigenvalue weighted by atomic mass is 127. The van der Waals surface area contributed by atoms with E-state index in [2.05, 4.69) is 42.1 Å². The second-order valence-electron chi connectivity index (χ2n) is 0.963. The van der Waals surface area contributed by atoms with E-state index < -0.39 is 0 Å². The minimum Gasteiger partial charge on any atom is -0.178 e. The molecule has 0 aliphatic rings. The number of hydrogen-bond donors (Lipinski definition) is 1. The van der Waals surface area contributed by atoms with Crippen molar-refractivity contribution in [1.29, 1.82) is 0 Å². The SMILES string of the molecule is C[C@@H](I)CS. The number of alkyl halides is 1. The molecule has 0 spiro atoms. The summed E-state index contributed by atoms with van der Waals surface area (Å²) in [6.07, 6.45) is 0. The standard InChI is InChI=1S/C3H7IS/c1-3(4)2-5/h3,5H,2H2,1H3/t3-/m1/s1. The summed E-state index contributed by atoms with van der Waals surface area (Å²) in [5, 5.41) is 0. The molecule has 0 rings (SSSR count). The van der Waals surface area contributed by atoms with Crippen molar-refractivity contribution in [3.05, 3.63) is 0 Å². The molecule has 0 N–H and O–H groups in total. The Morgan fingerprint density at radius 2 is 2.20 bits per heavy atom. The van der Waals surface area contributed by atoms with Crippen LogP contribution in [0.15, 0.2) is 0 Å². The quantitative estimate of drug-likeness (QED) is 0.373. The fraction of sp³-hybridized carbons (Fsp3) is 1.00. The van der Waals surface area contributed by atoms with Gasteiger partial charge < -0.3 is 0 Å². The summed E-state index contributed by atoms with van der Waals surface area (Å²) in [7, 11) is 0. The number of halogens is 1. The topological polar surface area (TPSA) is 0 Å². The van der Waals surface area contributed by atoms with Gasteiger partial charge in [0.25, 0.3) is 0 Å². The van der Waals surface area contributed by atoms with Crippen molar-refractivity contribution < 1.29 is 0 Å². The lowest BCUT2D eigenvalue weighted by atomic mass is 10.6. The predicted octanol–water partition coefficient (Wildman–Crippen LogP) is 1.74. The van der Waals surface area contributed by atoms with Crippen molar-refractivity contribution in [3.63, 3.8) is 0 Å². The molecular weight excluding hydrogens is 195 g/mol. The van der Waals surface area contributed by atoms with Crippen LogP contribution in [-0.4, -0.2) is 9.68 Å². The molecule has 0 aliphatic heterocycles. The molecule has 0 aromatic heterocycles. The average molecular weight is 202 g/mol. The molecule has 0 amide bonds. The van der Waals surface area contributed by atoms with Gasteiger partial charge in [-0.15, -0.1) is 0 Å². The molecule has 0 heterocycles. The van der Waals surface area contributed by atoms with Gasteiger partial charge in [0.1, 0.15) is 0 Å². The van der Waals surface area contributed by atoms with Gasteiger partial charge in [-0.1, -0.05) is 29.5 Å². The molecule has 0 fully saturated rings. The van der Waals surface area contributed by atoms with Crippen LogP contribution in [-0.2, 0) is 0 Å². The molecule has 0 nitrogen and oxygen atoms in total. The van der Waals surface area contributed by atoms with Gasteiger partial charge in [0, 0.05) is 9.68 Å². The summed E-state index contributed by atoms with van der Waals surface area (Å²) in [4.78, 5) is 0.